The van der Waals surface area contributed by atoms with E-state index in [1.807, 2.05) is 13.8 Å². The second kappa shape index (κ2) is 5.55. The minimum atomic E-state index is -0.0180. The van der Waals surface area contributed by atoms with E-state index >= 15 is 0 Å². The Morgan fingerprint density at radius 3 is 2.50 bits per heavy atom. The van der Waals surface area contributed by atoms with E-state index < -0.39 is 0 Å². The molecule has 0 aromatic rings. The molecular weight excluding hydrogens is 152 g/mol. The molecule has 72 valence electrons. The van der Waals surface area contributed by atoms with Crippen molar-refractivity contribution < 1.29 is 9.47 Å². The molecule has 0 saturated heterocycles. The van der Waals surface area contributed by atoms with Gasteiger partial charge in [-0.2, -0.15) is 0 Å². The van der Waals surface area contributed by atoms with Gasteiger partial charge in [0.05, 0.1) is 6.61 Å². The van der Waals surface area contributed by atoms with Crippen LogP contribution in [0.4, 0.5) is 0 Å². The molecule has 1 rings (SSSR count). The van der Waals surface area contributed by atoms with Gasteiger partial charge in [0, 0.05) is 6.61 Å². The van der Waals surface area contributed by atoms with Crippen LogP contribution in [0, 0.1) is 5.92 Å². The summed E-state index contributed by atoms with van der Waals surface area (Å²) in [6, 6.07) is 0. The lowest BCUT2D eigenvalue weighted by Crippen LogP contribution is -2.17. The van der Waals surface area contributed by atoms with Crippen molar-refractivity contribution in [3.05, 3.63) is 0 Å². The van der Waals surface area contributed by atoms with Crippen molar-refractivity contribution in [1.29, 1.82) is 0 Å². The first-order valence-corrected chi connectivity index (χ1v) is 5.06. The fraction of sp³-hybridized carbons (Fsp3) is 1.00. The van der Waals surface area contributed by atoms with Gasteiger partial charge in [0.15, 0.2) is 6.29 Å². The molecule has 0 spiro atoms. The van der Waals surface area contributed by atoms with Crippen LogP contribution in [0.25, 0.3) is 0 Å². The minimum Gasteiger partial charge on any atom is -0.353 e. The molecule has 12 heavy (non-hydrogen) atoms. The van der Waals surface area contributed by atoms with Crippen LogP contribution < -0.4 is 0 Å². The quantitative estimate of drug-likeness (QED) is 0.593. The second-order valence-corrected chi connectivity index (χ2v) is 3.51. The summed E-state index contributed by atoms with van der Waals surface area (Å²) in [5, 5.41) is 0. The van der Waals surface area contributed by atoms with E-state index in [1.54, 1.807) is 0 Å². The van der Waals surface area contributed by atoms with E-state index in [-0.39, 0.29) is 6.29 Å². The van der Waals surface area contributed by atoms with Crippen molar-refractivity contribution in [2.75, 3.05) is 13.2 Å². The predicted octanol–water partition coefficient (Wildman–Crippen LogP) is 2.58. The zero-order chi connectivity index (χ0) is 8.81. The minimum absolute atomic E-state index is 0.0180. The smallest absolute Gasteiger partial charge is 0.154 e. The highest BCUT2D eigenvalue weighted by atomic mass is 16.7. The summed E-state index contributed by atoms with van der Waals surface area (Å²) >= 11 is 0. The average Bonchev–Trinajstić information content (AvgIpc) is 2.53. The van der Waals surface area contributed by atoms with Crippen molar-refractivity contribution in [2.45, 2.75) is 45.8 Å². The lowest BCUT2D eigenvalue weighted by atomic mass is 10.1. The fourth-order valence-electron chi connectivity index (χ4n) is 1.73. The first kappa shape index (κ1) is 10.0. The summed E-state index contributed by atoms with van der Waals surface area (Å²) in [7, 11) is 0. The molecule has 1 saturated carbocycles. The Morgan fingerprint density at radius 2 is 1.92 bits per heavy atom. The summed E-state index contributed by atoms with van der Waals surface area (Å²) in [5.41, 5.74) is 0. The van der Waals surface area contributed by atoms with Gasteiger partial charge in [-0.25, -0.2) is 0 Å². The van der Waals surface area contributed by atoms with E-state index in [9.17, 15) is 0 Å². The zero-order valence-corrected chi connectivity index (χ0v) is 8.21. The van der Waals surface area contributed by atoms with Gasteiger partial charge < -0.3 is 9.47 Å². The molecule has 1 atom stereocenters. The topological polar surface area (TPSA) is 18.5 Å². The molecule has 0 radical (unpaired) electrons. The normalized spacial score (nSPS) is 21.5. The van der Waals surface area contributed by atoms with Crippen LogP contribution in [0.2, 0.25) is 0 Å². The molecule has 1 unspecified atom stereocenters. The number of rotatable bonds is 5. The highest BCUT2D eigenvalue weighted by Crippen LogP contribution is 2.24. The summed E-state index contributed by atoms with van der Waals surface area (Å²) < 4.78 is 10.8. The van der Waals surface area contributed by atoms with Gasteiger partial charge in [-0.3, -0.25) is 0 Å². The Balaban J connectivity index is 1.99. The van der Waals surface area contributed by atoms with Gasteiger partial charge >= 0.3 is 0 Å². The molecule has 0 aromatic heterocycles. The maximum Gasteiger partial charge on any atom is 0.154 e. The lowest BCUT2D eigenvalue weighted by Gasteiger charge is -2.15. The molecule has 2 nitrogen and oxygen atoms in total. The van der Waals surface area contributed by atoms with Crippen LogP contribution in [-0.2, 0) is 9.47 Å². The van der Waals surface area contributed by atoms with Gasteiger partial charge in [0.25, 0.3) is 0 Å². The number of hydrogen-bond donors (Lipinski definition) is 0. The third-order valence-electron chi connectivity index (χ3n) is 2.44. The van der Waals surface area contributed by atoms with E-state index in [4.69, 9.17) is 9.47 Å². The largest absolute Gasteiger partial charge is 0.353 e. The van der Waals surface area contributed by atoms with Crippen LogP contribution >= 0.6 is 0 Å². The standard InChI is InChI=1S/C10H20O2/c1-3-11-9(2)12-8-10-6-4-5-7-10/h9-10H,3-8H2,1-2H3. The third kappa shape index (κ3) is 3.55. The van der Waals surface area contributed by atoms with Crippen LogP contribution in [-0.4, -0.2) is 19.5 Å². The Kier molecular flexibility index (Phi) is 4.62. The second-order valence-electron chi connectivity index (χ2n) is 3.51. The highest BCUT2D eigenvalue weighted by molar-refractivity contribution is 4.66. The molecule has 0 amide bonds. The summed E-state index contributed by atoms with van der Waals surface area (Å²) in [6.07, 6.45) is 5.45. The molecule has 1 fully saturated rings. The van der Waals surface area contributed by atoms with Crippen LogP contribution in [0.1, 0.15) is 39.5 Å². The van der Waals surface area contributed by atoms with E-state index in [2.05, 4.69) is 0 Å². The molecule has 0 bridgehead atoms. The fourth-order valence-corrected chi connectivity index (χ4v) is 1.73. The Labute approximate surface area is 75.2 Å². The van der Waals surface area contributed by atoms with E-state index in [0.29, 0.717) is 0 Å². The summed E-state index contributed by atoms with van der Waals surface area (Å²) in [4.78, 5) is 0. The van der Waals surface area contributed by atoms with Crippen LogP contribution in [0.3, 0.4) is 0 Å². The van der Waals surface area contributed by atoms with Gasteiger partial charge in [0.2, 0.25) is 0 Å². The molecular formula is C10H20O2. The molecule has 0 aliphatic heterocycles. The van der Waals surface area contributed by atoms with Gasteiger partial charge in [0.1, 0.15) is 0 Å². The third-order valence-corrected chi connectivity index (χ3v) is 2.44. The van der Waals surface area contributed by atoms with Gasteiger partial charge in [-0.15, -0.1) is 0 Å². The first-order chi connectivity index (χ1) is 5.83. The zero-order valence-electron chi connectivity index (χ0n) is 8.21. The molecule has 0 aromatic carbocycles. The van der Waals surface area contributed by atoms with E-state index in [1.165, 1.54) is 25.7 Å². The highest BCUT2D eigenvalue weighted by Gasteiger charge is 2.15. The van der Waals surface area contributed by atoms with Crippen molar-refractivity contribution in [2.24, 2.45) is 5.92 Å². The molecule has 1 aliphatic rings. The van der Waals surface area contributed by atoms with Crippen LogP contribution in [0.15, 0.2) is 0 Å². The number of hydrogen-bond acceptors (Lipinski definition) is 2. The Morgan fingerprint density at radius 1 is 1.25 bits per heavy atom. The molecule has 0 N–H and O–H groups in total. The molecule has 1 aliphatic carbocycles. The number of ether oxygens (including phenoxy) is 2. The van der Waals surface area contributed by atoms with Gasteiger partial charge in [-0.05, 0) is 32.6 Å². The summed E-state index contributed by atoms with van der Waals surface area (Å²) in [5.74, 6) is 0.799. The maximum atomic E-state index is 5.54. The van der Waals surface area contributed by atoms with E-state index in [0.717, 1.165) is 19.1 Å². The monoisotopic (exact) mass is 172 g/mol. The van der Waals surface area contributed by atoms with Gasteiger partial charge in [-0.1, -0.05) is 12.8 Å². The molecule has 2 heteroatoms. The Bertz CT molecular complexity index is 108. The van der Waals surface area contributed by atoms with Crippen LogP contribution in [0.5, 0.6) is 0 Å². The molecule has 0 heterocycles. The first-order valence-electron chi connectivity index (χ1n) is 5.06. The predicted molar refractivity (Wildman–Crippen MR) is 49.0 cm³/mol. The van der Waals surface area contributed by atoms with Crippen molar-refractivity contribution in [3.8, 4) is 0 Å². The lowest BCUT2D eigenvalue weighted by molar-refractivity contribution is -0.134. The summed E-state index contributed by atoms with van der Waals surface area (Å²) in [6.45, 7) is 5.60. The van der Waals surface area contributed by atoms with Crippen molar-refractivity contribution >= 4 is 0 Å². The Hall–Kier alpha value is -0.0800. The SMILES string of the molecule is CCOC(C)OCC1CCCC1. The van der Waals surface area contributed by atoms with Crippen molar-refractivity contribution in [1.82, 2.24) is 0 Å². The van der Waals surface area contributed by atoms with Crippen molar-refractivity contribution in [3.63, 3.8) is 0 Å². The maximum absolute atomic E-state index is 5.54. The average molecular weight is 172 g/mol.